The number of rotatable bonds is 5. The van der Waals surface area contributed by atoms with Crippen molar-refractivity contribution < 1.29 is 19.1 Å². The number of benzene rings is 1. The molecule has 25 heavy (non-hydrogen) atoms. The van der Waals surface area contributed by atoms with Gasteiger partial charge in [0.1, 0.15) is 11.9 Å². The van der Waals surface area contributed by atoms with Crippen LogP contribution in [0.15, 0.2) is 24.3 Å². The zero-order chi connectivity index (χ0) is 18.4. The zero-order valence-electron chi connectivity index (χ0n) is 15.7. The maximum absolute atomic E-state index is 12.1. The Labute approximate surface area is 150 Å². The Morgan fingerprint density at radius 2 is 1.76 bits per heavy atom. The molecule has 5 heteroatoms. The molecule has 1 aliphatic rings. The van der Waals surface area contributed by atoms with Crippen molar-refractivity contribution in [2.24, 2.45) is 0 Å². The number of likely N-dealkylation sites (tertiary alicyclic amines) is 1. The smallest absolute Gasteiger partial charge is 0.306 e. The summed E-state index contributed by atoms with van der Waals surface area (Å²) in [6.07, 6.45) is 2.09. The fraction of sp³-hybridized carbons (Fsp3) is 0.600. The summed E-state index contributed by atoms with van der Waals surface area (Å²) in [4.78, 5) is 25.1. The van der Waals surface area contributed by atoms with E-state index in [1.807, 2.05) is 23.1 Å². The Balaban J connectivity index is 1.87. The number of hydrogen-bond donors (Lipinski definition) is 0. The van der Waals surface area contributed by atoms with Gasteiger partial charge in [-0.15, -0.1) is 0 Å². The molecule has 1 aliphatic heterocycles. The van der Waals surface area contributed by atoms with Crippen LogP contribution in [0.25, 0.3) is 0 Å². The topological polar surface area (TPSA) is 55.8 Å². The molecule has 1 fully saturated rings. The van der Waals surface area contributed by atoms with Crippen LogP contribution in [0.2, 0.25) is 0 Å². The summed E-state index contributed by atoms with van der Waals surface area (Å²) in [5, 5.41) is 0. The van der Waals surface area contributed by atoms with Crippen molar-refractivity contribution >= 4 is 11.9 Å². The van der Waals surface area contributed by atoms with Crippen LogP contribution in [-0.2, 0) is 19.7 Å². The van der Waals surface area contributed by atoms with E-state index in [-0.39, 0.29) is 36.2 Å². The third-order valence-corrected chi connectivity index (χ3v) is 4.55. The van der Waals surface area contributed by atoms with Gasteiger partial charge in [-0.1, -0.05) is 39.0 Å². The van der Waals surface area contributed by atoms with Gasteiger partial charge in [0.15, 0.2) is 0 Å². The van der Waals surface area contributed by atoms with Crippen molar-refractivity contribution in [1.82, 2.24) is 4.90 Å². The average molecular weight is 347 g/mol. The summed E-state index contributed by atoms with van der Waals surface area (Å²) in [6.45, 7) is 7.87. The van der Waals surface area contributed by atoms with Gasteiger partial charge in [-0.05, 0) is 17.0 Å². The molecule has 2 rings (SSSR count). The molecule has 0 radical (unpaired) electrons. The Kier molecular flexibility index (Phi) is 6.45. The van der Waals surface area contributed by atoms with Crippen molar-refractivity contribution in [2.75, 3.05) is 20.2 Å². The van der Waals surface area contributed by atoms with E-state index in [1.54, 1.807) is 0 Å². The average Bonchev–Trinajstić information content (AvgIpc) is 2.59. The molecule has 0 atom stereocenters. The van der Waals surface area contributed by atoms with Crippen LogP contribution >= 0.6 is 0 Å². The highest BCUT2D eigenvalue weighted by Gasteiger charge is 2.26. The molecular formula is C20H29NO4. The first-order valence-electron chi connectivity index (χ1n) is 8.92. The number of esters is 1. The molecular weight excluding hydrogens is 318 g/mol. The van der Waals surface area contributed by atoms with Gasteiger partial charge in [0.05, 0.1) is 13.5 Å². The molecule has 0 N–H and O–H groups in total. The molecule has 1 amide bonds. The summed E-state index contributed by atoms with van der Waals surface area (Å²) in [7, 11) is 1.34. The zero-order valence-corrected chi connectivity index (χ0v) is 15.7. The van der Waals surface area contributed by atoms with Crippen molar-refractivity contribution in [1.29, 1.82) is 0 Å². The number of carbonyl (C=O) groups is 2. The number of methoxy groups -OCH3 is 1. The van der Waals surface area contributed by atoms with E-state index in [1.165, 1.54) is 12.7 Å². The lowest BCUT2D eigenvalue weighted by Crippen LogP contribution is -2.42. The molecule has 0 aromatic heterocycles. The maximum Gasteiger partial charge on any atom is 0.306 e. The van der Waals surface area contributed by atoms with E-state index >= 15 is 0 Å². The highest BCUT2D eigenvalue weighted by molar-refractivity contribution is 5.81. The van der Waals surface area contributed by atoms with E-state index in [4.69, 9.17) is 4.74 Å². The van der Waals surface area contributed by atoms with Gasteiger partial charge in [0.2, 0.25) is 5.91 Å². The summed E-state index contributed by atoms with van der Waals surface area (Å²) < 4.78 is 10.8. The van der Waals surface area contributed by atoms with Crippen molar-refractivity contribution in [2.45, 2.75) is 58.0 Å². The number of hydrogen-bond acceptors (Lipinski definition) is 4. The Morgan fingerprint density at radius 1 is 1.12 bits per heavy atom. The van der Waals surface area contributed by atoms with E-state index in [2.05, 4.69) is 31.6 Å². The molecule has 0 aliphatic carbocycles. The summed E-state index contributed by atoms with van der Waals surface area (Å²) in [5.41, 5.74) is 1.23. The van der Waals surface area contributed by atoms with Crippen LogP contribution in [-0.4, -0.2) is 43.1 Å². The monoisotopic (exact) mass is 347 g/mol. The first-order chi connectivity index (χ1) is 11.8. The lowest BCUT2D eigenvalue weighted by atomic mass is 9.86. The van der Waals surface area contributed by atoms with E-state index < -0.39 is 0 Å². The summed E-state index contributed by atoms with van der Waals surface area (Å²) in [6, 6.07) is 8.17. The van der Waals surface area contributed by atoms with Gasteiger partial charge < -0.3 is 14.4 Å². The van der Waals surface area contributed by atoms with Gasteiger partial charge in [0.25, 0.3) is 0 Å². The summed E-state index contributed by atoms with van der Waals surface area (Å²) in [5.74, 6) is 0.606. The Bertz CT molecular complexity index is 598. The molecule has 0 unspecified atom stereocenters. The van der Waals surface area contributed by atoms with Crippen LogP contribution in [0.3, 0.4) is 0 Å². The van der Waals surface area contributed by atoms with Gasteiger partial charge in [-0.25, -0.2) is 0 Å². The highest BCUT2D eigenvalue weighted by atomic mass is 16.5. The second-order valence-electron chi connectivity index (χ2n) is 7.52. The van der Waals surface area contributed by atoms with Crippen LogP contribution in [0.1, 0.15) is 52.0 Å². The SMILES string of the molecule is COC(=O)CCC(=O)N1CCC(Oc2ccccc2C(C)(C)C)CC1. The van der Waals surface area contributed by atoms with Crippen LogP contribution in [0.5, 0.6) is 5.75 Å². The lowest BCUT2D eigenvalue weighted by Gasteiger charge is -2.33. The number of nitrogens with zero attached hydrogens (tertiary/aromatic N) is 1. The molecule has 0 saturated carbocycles. The fourth-order valence-corrected chi connectivity index (χ4v) is 3.06. The normalized spacial score (nSPS) is 15.8. The van der Waals surface area contributed by atoms with Crippen molar-refractivity contribution in [3.8, 4) is 5.75 Å². The molecule has 138 valence electrons. The van der Waals surface area contributed by atoms with Gasteiger partial charge in [-0.2, -0.15) is 0 Å². The quantitative estimate of drug-likeness (QED) is 0.767. The maximum atomic E-state index is 12.1. The van der Waals surface area contributed by atoms with E-state index in [0.717, 1.165) is 18.6 Å². The summed E-state index contributed by atoms with van der Waals surface area (Å²) >= 11 is 0. The molecule has 5 nitrogen and oxygen atoms in total. The minimum atomic E-state index is -0.342. The number of ether oxygens (including phenoxy) is 2. The first-order valence-corrected chi connectivity index (χ1v) is 8.92. The minimum Gasteiger partial charge on any atom is -0.490 e. The number of para-hydroxylation sites is 1. The molecule has 1 heterocycles. The molecule has 1 saturated heterocycles. The van der Waals surface area contributed by atoms with Crippen molar-refractivity contribution in [3.63, 3.8) is 0 Å². The predicted molar refractivity (Wildman–Crippen MR) is 96.6 cm³/mol. The van der Waals surface area contributed by atoms with Gasteiger partial charge in [-0.3, -0.25) is 9.59 Å². The van der Waals surface area contributed by atoms with E-state index in [9.17, 15) is 9.59 Å². The number of amides is 1. The number of piperidine rings is 1. The molecule has 0 spiro atoms. The van der Waals surface area contributed by atoms with Gasteiger partial charge >= 0.3 is 5.97 Å². The Hall–Kier alpha value is -2.04. The molecule has 1 aromatic carbocycles. The largest absolute Gasteiger partial charge is 0.490 e. The number of carbonyl (C=O) groups excluding carboxylic acids is 2. The minimum absolute atomic E-state index is 0.0129. The first kappa shape index (κ1) is 19.3. The van der Waals surface area contributed by atoms with Crippen LogP contribution in [0, 0.1) is 0 Å². The fourth-order valence-electron chi connectivity index (χ4n) is 3.06. The Morgan fingerprint density at radius 3 is 2.36 bits per heavy atom. The van der Waals surface area contributed by atoms with Gasteiger partial charge in [0, 0.05) is 32.4 Å². The second-order valence-corrected chi connectivity index (χ2v) is 7.52. The standard InChI is InChI=1S/C20H29NO4/c1-20(2,3)16-7-5-6-8-17(16)25-15-11-13-21(14-12-15)18(22)9-10-19(23)24-4/h5-8,15H,9-14H2,1-4H3. The van der Waals surface area contributed by atoms with Crippen LogP contribution in [0.4, 0.5) is 0 Å². The van der Waals surface area contributed by atoms with E-state index in [0.29, 0.717) is 13.1 Å². The predicted octanol–water partition coefficient (Wildman–Crippen LogP) is 3.31. The molecule has 1 aromatic rings. The third kappa shape index (κ3) is 5.48. The lowest BCUT2D eigenvalue weighted by molar-refractivity contribution is -0.144. The van der Waals surface area contributed by atoms with Crippen LogP contribution < -0.4 is 4.74 Å². The third-order valence-electron chi connectivity index (χ3n) is 4.55. The molecule has 0 bridgehead atoms. The highest BCUT2D eigenvalue weighted by Crippen LogP contribution is 2.32. The van der Waals surface area contributed by atoms with Crippen molar-refractivity contribution in [3.05, 3.63) is 29.8 Å². The second kappa shape index (κ2) is 8.37.